The predicted octanol–water partition coefficient (Wildman–Crippen LogP) is 0.352. The minimum Gasteiger partial charge on any atom is -0.549 e. The van der Waals surface area contributed by atoms with Gasteiger partial charge in [0.25, 0.3) is 0 Å². The Hall–Kier alpha value is -2.63. The number of carbonyl (C=O) groups is 3. The lowest BCUT2D eigenvalue weighted by Crippen LogP contribution is -2.52. The van der Waals surface area contributed by atoms with E-state index in [9.17, 15) is 24.6 Å². The first-order chi connectivity index (χ1) is 11.9. The zero-order valence-electron chi connectivity index (χ0n) is 13.9. The van der Waals surface area contributed by atoms with Crippen LogP contribution in [0.3, 0.4) is 0 Å². The smallest absolute Gasteiger partial charge is 0.307 e. The van der Waals surface area contributed by atoms with E-state index in [-0.39, 0.29) is 6.61 Å². The lowest BCUT2D eigenvalue weighted by Gasteiger charge is -2.41. The third kappa shape index (κ3) is 4.07. The van der Waals surface area contributed by atoms with Crippen LogP contribution in [-0.2, 0) is 25.7 Å². The maximum atomic E-state index is 12.3. The highest BCUT2D eigenvalue weighted by Crippen LogP contribution is 2.46. The van der Waals surface area contributed by atoms with E-state index in [0.29, 0.717) is 12.8 Å². The lowest BCUT2D eigenvalue weighted by atomic mass is 9.67. The largest absolute Gasteiger partial charge is 0.549 e. The Labute approximate surface area is 146 Å². The molecule has 6 heteroatoms. The molecule has 0 bridgehead atoms. The van der Waals surface area contributed by atoms with Crippen molar-refractivity contribution < 1.29 is 29.3 Å². The minimum atomic E-state index is -2.00. The number of rotatable bonds is 8. The normalized spacial score (nSPS) is 16.8. The Morgan fingerprint density at radius 1 is 1.12 bits per heavy atom. The molecule has 25 heavy (non-hydrogen) atoms. The first-order valence-corrected chi connectivity index (χ1v) is 8.19. The van der Waals surface area contributed by atoms with Crippen molar-refractivity contribution in [1.29, 1.82) is 0 Å². The number of carbonyl (C=O) groups excluding carboxylic acids is 3. The Bertz CT molecular complexity index is 660. The van der Waals surface area contributed by atoms with Gasteiger partial charge in [-0.2, -0.15) is 0 Å². The van der Waals surface area contributed by atoms with Gasteiger partial charge < -0.3 is 24.5 Å². The first kappa shape index (κ1) is 18.7. The highest BCUT2D eigenvalue weighted by atomic mass is 16.5. The summed E-state index contributed by atoms with van der Waals surface area (Å²) in [7, 11) is 0. The Balaban J connectivity index is 2.19. The molecule has 1 saturated carbocycles. The van der Waals surface area contributed by atoms with Crippen molar-refractivity contribution in [3.63, 3.8) is 0 Å². The van der Waals surface area contributed by atoms with Crippen molar-refractivity contribution in [2.45, 2.75) is 38.7 Å². The van der Waals surface area contributed by atoms with Crippen LogP contribution in [0.2, 0.25) is 0 Å². The number of aliphatic carboxylic acids is 2. The van der Waals surface area contributed by atoms with Crippen molar-refractivity contribution in [1.82, 2.24) is 0 Å². The van der Waals surface area contributed by atoms with E-state index in [2.05, 4.69) is 6.58 Å². The Kier molecular flexibility index (Phi) is 5.96. The molecule has 2 rings (SSSR count). The van der Waals surface area contributed by atoms with Crippen LogP contribution in [0.15, 0.2) is 42.5 Å². The first-order valence-electron chi connectivity index (χ1n) is 8.19. The van der Waals surface area contributed by atoms with Crippen molar-refractivity contribution in [3.05, 3.63) is 48.0 Å². The molecular weight excluding hydrogens is 324 g/mol. The fourth-order valence-corrected chi connectivity index (χ4v) is 3.48. The van der Waals surface area contributed by atoms with E-state index in [0.717, 1.165) is 18.4 Å². The van der Waals surface area contributed by atoms with Gasteiger partial charge in [0.05, 0.1) is 18.4 Å². The third-order valence-electron chi connectivity index (χ3n) is 4.87. The van der Waals surface area contributed by atoms with Gasteiger partial charge in [0.1, 0.15) is 6.61 Å². The van der Waals surface area contributed by atoms with Gasteiger partial charge in [-0.25, -0.2) is 0 Å². The zero-order chi connectivity index (χ0) is 18.4. The summed E-state index contributed by atoms with van der Waals surface area (Å²) in [5, 5.41) is 23.2. The van der Waals surface area contributed by atoms with Crippen molar-refractivity contribution in [2.75, 3.05) is 0 Å². The molecule has 1 aromatic carbocycles. The zero-order valence-corrected chi connectivity index (χ0v) is 13.9. The number of hydrogen-bond donors (Lipinski definition) is 0. The SMILES string of the molecule is C=C(C(=O)[O-])C(CC(=O)OCc1ccccc1)(C(=O)[O-])C1CCCC1. The van der Waals surface area contributed by atoms with E-state index in [1.807, 2.05) is 6.07 Å². The Morgan fingerprint density at radius 3 is 2.24 bits per heavy atom. The molecule has 1 aliphatic carbocycles. The number of ether oxygens (including phenoxy) is 1. The molecule has 0 heterocycles. The molecule has 1 aromatic rings. The van der Waals surface area contributed by atoms with E-state index < -0.39 is 41.2 Å². The third-order valence-corrected chi connectivity index (χ3v) is 4.87. The molecule has 1 atom stereocenters. The quantitative estimate of drug-likeness (QED) is 0.498. The molecule has 0 amide bonds. The molecule has 1 aliphatic rings. The standard InChI is InChI=1S/C19H22O6/c1-13(17(21)22)19(18(23)24,15-9-5-6-10-15)11-16(20)25-12-14-7-3-2-4-8-14/h2-4,7-8,15H,1,5-6,9-12H2,(H,21,22)(H,23,24)/p-2. The van der Waals surface area contributed by atoms with E-state index >= 15 is 0 Å². The highest BCUT2D eigenvalue weighted by Gasteiger charge is 2.46. The predicted molar refractivity (Wildman–Crippen MR) is 84.4 cm³/mol. The van der Waals surface area contributed by atoms with Gasteiger partial charge >= 0.3 is 5.97 Å². The average molecular weight is 344 g/mol. The minimum absolute atomic E-state index is 0.0226. The second kappa shape index (κ2) is 7.96. The summed E-state index contributed by atoms with van der Waals surface area (Å²) in [6, 6.07) is 8.90. The second-order valence-electron chi connectivity index (χ2n) is 6.33. The van der Waals surface area contributed by atoms with Gasteiger partial charge in [0, 0.05) is 5.41 Å². The topological polar surface area (TPSA) is 107 Å². The van der Waals surface area contributed by atoms with Crippen LogP contribution < -0.4 is 10.2 Å². The molecule has 0 saturated heterocycles. The summed E-state index contributed by atoms with van der Waals surface area (Å²) in [5.41, 5.74) is -1.88. The number of benzene rings is 1. The molecule has 0 spiro atoms. The number of hydrogen-bond acceptors (Lipinski definition) is 6. The fourth-order valence-electron chi connectivity index (χ4n) is 3.48. The van der Waals surface area contributed by atoms with Gasteiger partial charge in [-0.1, -0.05) is 49.8 Å². The maximum absolute atomic E-state index is 12.3. The van der Waals surface area contributed by atoms with E-state index in [4.69, 9.17) is 4.74 Å². The van der Waals surface area contributed by atoms with Crippen LogP contribution in [0, 0.1) is 11.3 Å². The molecule has 0 radical (unpaired) electrons. The van der Waals surface area contributed by atoms with Gasteiger partial charge in [-0.05, 0) is 29.9 Å². The molecule has 1 unspecified atom stereocenters. The number of carboxylic acids is 2. The molecule has 6 nitrogen and oxygen atoms in total. The monoisotopic (exact) mass is 344 g/mol. The Morgan fingerprint density at radius 2 is 1.72 bits per heavy atom. The fraction of sp³-hybridized carbons (Fsp3) is 0.421. The van der Waals surface area contributed by atoms with Crippen molar-refractivity contribution in [3.8, 4) is 0 Å². The van der Waals surface area contributed by atoms with E-state index in [1.165, 1.54) is 0 Å². The summed E-state index contributed by atoms with van der Waals surface area (Å²) in [6.45, 7) is 3.35. The molecule has 0 N–H and O–H groups in total. The molecular formula is C19H20O6-2. The summed E-state index contributed by atoms with van der Waals surface area (Å²) < 4.78 is 5.14. The van der Waals surface area contributed by atoms with Crippen LogP contribution in [0.1, 0.15) is 37.7 Å². The summed E-state index contributed by atoms with van der Waals surface area (Å²) in [6.07, 6.45) is 1.89. The molecule has 0 aromatic heterocycles. The van der Waals surface area contributed by atoms with Crippen LogP contribution in [0.4, 0.5) is 0 Å². The van der Waals surface area contributed by atoms with Gasteiger partial charge in [0.15, 0.2) is 0 Å². The van der Waals surface area contributed by atoms with Crippen molar-refractivity contribution in [2.24, 2.45) is 11.3 Å². The van der Waals surface area contributed by atoms with E-state index in [1.54, 1.807) is 24.3 Å². The van der Waals surface area contributed by atoms with Crippen LogP contribution in [0.5, 0.6) is 0 Å². The number of esters is 1. The summed E-state index contributed by atoms with van der Waals surface area (Å²) in [4.78, 5) is 35.5. The van der Waals surface area contributed by atoms with Crippen LogP contribution in [-0.4, -0.2) is 17.9 Å². The molecule has 0 aliphatic heterocycles. The summed E-state index contributed by atoms with van der Waals surface area (Å²) in [5.74, 6) is -4.65. The van der Waals surface area contributed by atoms with Gasteiger partial charge in [0.2, 0.25) is 0 Å². The molecule has 1 fully saturated rings. The lowest BCUT2D eigenvalue weighted by molar-refractivity contribution is -0.324. The second-order valence-corrected chi connectivity index (χ2v) is 6.33. The maximum Gasteiger partial charge on any atom is 0.307 e. The van der Waals surface area contributed by atoms with Gasteiger partial charge in [-0.15, -0.1) is 0 Å². The van der Waals surface area contributed by atoms with Crippen LogP contribution >= 0.6 is 0 Å². The highest BCUT2D eigenvalue weighted by molar-refractivity contribution is 5.97. The average Bonchev–Trinajstić information content (AvgIpc) is 3.12. The number of carboxylic acid groups (broad SMARTS) is 2. The van der Waals surface area contributed by atoms with Crippen LogP contribution in [0.25, 0.3) is 0 Å². The van der Waals surface area contributed by atoms with Gasteiger partial charge in [-0.3, -0.25) is 4.79 Å². The molecule has 134 valence electrons. The summed E-state index contributed by atoms with van der Waals surface area (Å²) >= 11 is 0. The van der Waals surface area contributed by atoms with Crippen molar-refractivity contribution >= 4 is 17.9 Å².